The standard InChI is InChI=1S/C16H16N6O2/c23-22(24)16-13-2-1-7-17-14(13)3-4-15(16)20-9-5-12(6-10-20)21-11-8-18-19-21/h1-4,7-8,11-12H,5-6,9-10H2. The molecule has 0 saturated carbocycles. The van der Waals surface area contributed by atoms with Crippen molar-refractivity contribution < 1.29 is 4.92 Å². The number of nitro benzene ring substituents is 1. The van der Waals surface area contributed by atoms with Crippen LogP contribution >= 0.6 is 0 Å². The van der Waals surface area contributed by atoms with Gasteiger partial charge in [0.25, 0.3) is 0 Å². The monoisotopic (exact) mass is 324 g/mol. The number of aromatic nitrogens is 4. The second kappa shape index (κ2) is 5.88. The predicted molar refractivity (Wildman–Crippen MR) is 88.9 cm³/mol. The molecule has 1 saturated heterocycles. The maximum atomic E-state index is 11.7. The summed E-state index contributed by atoms with van der Waals surface area (Å²) in [6, 6.07) is 7.44. The first-order valence-corrected chi connectivity index (χ1v) is 7.87. The van der Waals surface area contributed by atoms with E-state index >= 15 is 0 Å². The number of hydrogen-bond acceptors (Lipinski definition) is 6. The average Bonchev–Trinajstić information content (AvgIpc) is 3.15. The summed E-state index contributed by atoms with van der Waals surface area (Å²) in [5.41, 5.74) is 1.45. The lowest BCUT2D eigenvalue weighted by molar-refractivity contribution is -0.382. The topological polar surface area (TPSA) is 90.0 Å². The SMILES string of the molecule is O=[N+]([O-])c1c(N2CCC(n3ccnn3)CC2)ccc2ncccc12. The van der Waals surface area contributed by atoms with Gasteiger partial charge in [-0.3, -0.25) is 15.1 Å². The second-order valence-corrected chi connectivity index (χ2v) is 5.86. The van der Waals surface area contributed by atoms with Crippen LogP contribution in [0, 0.1) is 10.1 Å². The Bertz CT molecular complexity index is 871. The second-order valence-electron chi connectivity index (χ2n) is 5.86. The predicted octanol–water partition coefficient (Wildman–Crippen LogP) is 2.58. The number of anilines is 1. The molecule has 0 N–H and O–H groups in total. The fourth-order valence-corrected chi connectivity index (χ4v) is 3.36. The molecule has 3 aromatic rings. The van der Waals surface area contributed by atoms with E-state index < -0.39 is 0 Å². The number of rotatable bonds is 3. The van der Waals surface area contributed by atoms with Crippen LogP contribution in [-0.2, 0) is 0 Å². The first-order valence-electron chi connectivity index (χ1n) is 7.87. The van der Waals surface area contributed by atoms with Gasteiger partial charge in [-0.25, -0.2) is 4.68 Å². The zero-order chi connectivity index (χ0) is 16.5. The van der Waals surface area contributed by atoms with Crippen LogP contribution in [0.5, 0.6) is 0 Å². The Morgan fingerprint density at radius 3 is 2.71 bits per heavy atom. The van der Waals surface area contributed by atoms with E-state index in [4.69, 9.17) is 0 Å². The minimum atomic E-state index is -0.303. The van der Waals surface area contributed by atoms with Crippen LogP contribution in [0.15, 0.2) is 42.9 Å². The van der Waals surface area contributed by atoms with E-state index in [1.165, 1.54) is 0 Å². The summed E-state index contributed by atoms with van der Waals surface area (Å²) in [6.45, 7) is 1.49. The first kappa shape index (κ1) is 14.6. The van der Waals surface area contributed by atoms with Crippen LogP contribution in [0.4, 0.5) is 11.4 Å². The molecule has 122 valence electrons. The number of hydrogen-bond donors (Lipinski definition) is 0. The number of fused-ring (bicyclic) bond motifs is 1. The highest BCUT2D eigenvalue weighted by Gasteiger charge is 2.27. The maximum Gasteiger partial charge on any atom is 0.301 e. The van der Waals surface area contributed by atoms with Crippen molar-refractivity contribution in [2.24, 2.45) is 0 Å². The molecule has 24 heavy (non-hydrogen) atoms. The zero-order valence-electron chi connectivity index (χ0n) is 12.9. The average molecular weight is 324 g/mol. The Kier molecular flexibility index (Phi) is 3.56. The van der Waals surface area contributed by atoms with Crippen LogP contribution in [0.25, 0.3) is 10.9 Å². The number of nitrogens with zero attached hydrogens (tertiary/aromatic N) is 6. The summed E-state index contributed by atoms with van der Waals surface area (Å²) in [6.07, 6.45) is 6.95. The molecule has 0 amide bonds. The zero-order valence-corrected chi connectivity index (χ0v) is 12.9. The summed E-state index contributed by atoms with van der Waals surface area (Å²) in [4.78, 5) is 17.7. The molecule has 1 fully saturated rings. The van der Waals surface area contributed by atoms with Gasteiger partial charge < -0.3 is 4.90 Å². The molecule has 0 aliphatic carbocycles. The molecule has 2 aromatic heterocycles. The van der Waals surface area contributed by atoms with E-state index in [0.717, 1.165) is 25.9 Å². The Morgan fingerprint density at radius 2 is 2.00 bits per heavy atom. The summed E-state index contributed by atoms with van der Waals surface area (Å²) >= 11 is 0. The Labute approximate surface area is 137 Å². The Balaban J connectivity index is 1.65. The van der Waals surface area contributed by atoms with Gasteiger partial charge >= 0.3 is 5.69 Å². The van der Waals surface area contributed by atoms with Crippen LogP contribution < -0.4 is 4.90 Å². The molecule has 0 bridgehead atoms. The summed E-state index contributed by atoms with van der Waals surface area (Å²) in [5, 5.41) is 20.1. The Hall–Kier alpha value is -3.03. The molecule has 3 heterocycles. The third-order valence-electron chi connectivity index (χ3n) is 4.54. The van der Waals surface area contributed by atoms with E-state index in [0.29, 0.717) is 22.6 Å². The third-order valence-corrected chi connectivity index (χ3v) is 4.54. The molecule has 0 spiro atoms. The molecule has 0 radical (unpaired) electrons. The van der Waals surface area contributed by atoms with Crippen LogP contribution in [0.1, 0.15) is 18.9 Å². The van der Waals surface area contributed by atoms with Gasteiger partial charge in [-0.2, -0.15) is 0 Å². The lowest BCUT2D eigenvalue weighted by atomic mass is 10.0. The molecule has 1 aliphatic heterocycles. The van der Waals surface area contributed by atoms with Crippen LogP contribution in [0.3, 0.4) is 0 Å². The van der Waals surface area contributed by atoms with Crippen molar-refractivity contribution in [1.82, 2.24) is 20.0 Å². The smallest absolute Gasteiger partial charge is 0.301 e. The number of benzene rings is 1. The summed E-state index contributed by atoms with van der Waals surface area (Å²) in [7, 11) is 0. The molecular weight excluding hydrogens is 308 g/mol. The van der Waals surface area contributed by atoms with Crippen molar-refractivity contribution in [3.8, 4) is 0 Å². The van der Waals surface area contributed by atoms with Crippen molar-refractivity contribution in [3.63, 3.8) is 0 Å². The molecule has 8 nitrogen and oxygen atoms in total. The summed E-state index contributed by atoms with van der Waals surface area (Å²) in [5.74, 6) is 0. The molecule has 1 aromatic carbocycles. The van der Waals surface area contributed by atoms with Crippen LogP contribution in [-0.4, -0.2) is 38.0 Å². The van der Waals surface area contributed by atoms with Crippen molar-refractivity contribution in [3.05, 3.63) is 53.0 Å². The summed E-state index contributed by atoms with van der Waals surface area (Å²) < 4.78 is 1.87. The van der Waals surface area contributed by atoms with E-state index in [-0.39, 0.29) is 10.6 Å². The minimum absolute atomic E-state index is 0.139. The fraction of sp³-hybridized carbons (Fsp3) is 0.312. The lowest BCUT2D eigenvalue weighted by Gasteiger charge is -2.33. The number of pyridine rings is 1. The van der Waals surface area contributed by atoms with E-state index in [1.807, 2.05) is 23.0 Å². The van der Waals surface area contributed by atoms with Crippen molar-refractivity contribution in [2.45, 2.75) is 18.9 Å². The van der Waals surface area contributed by atoms with E-state index in [9.17, 15) is 10.1 Å². The normalized spacial score (nSPS) is 15.8. The van der Waals surface area contributed by atoms with Crippen molar-refractivity contribution >= 4 is 22.3 Å². The molecule has 0 atom stereocenters. The number of piperidine rings is 1. The van der Waals surface area contributed by atoms with Gasteiger partial charge in [-0.05, 0) is 37.1 Å². The first-order chi connectivity index (χ1) is 11.7. The van der Waals surface area contributed by atoms with E-state index in [2.05, 4.69) is 20.2 Å². The third kappa shape index (κ3) is 2.45. The van der Waals surface area contributed by atoms with Crippen LogP contribution in [0.2, 0.25) is 0 Å². The van der Waals surface area contributed by atoms with Gasteiger partial charge in [-0.15, -0.1) is 5.10 Å². The highest BCUT2D eigenvalue weighted by Crippen LogP contribution is 2.37. The fourth-order valence-electron chi connectivity index (χ4n) is 3.36. The van der Waals surface area contributed by atoms with Crippen molar-refractivity contribution in [1.29, 1.82) is 0 Å². The van der Waals surface area contributed by atoms with Gasteiger partial charge in [-0.1, -0.05) is 5.21 Å². The molecular formula is C16H16N6O2. The quantitative estimate of drug-likeness (QED) is 0.543. The van der Waals surface area contributed by atoms with Gasteiger partial charge in [0.1, 0.15) is 5.69 Å². The maximum absolute atomic E-state index is 11.7. The Morgan fingerprint density at radius 1 is 1.17 bits per heavy atom. The molecule has 8 heteroatoms. The largest absolute Gasteiger partial charge is 0.366 e. The van der Waals surface area contributed by atoms with Gasteiger partial charge in [0.15, 0.2) is 0 Å². The van der Waals surface area contributed by atoms with Gasteiger partial charge in [0.05, 0.1) is 28.1 Å². The highest BCUT2D eigenvalue weighted by atomic mass is 16.6. The molecule has 0 unspecified atom stereocenters. The van der Waals surface area contributed by atoms with E-state index in [1.54, 1.807) is 24.5 Å². The molecule has 4 rings (SSSR count). The van der Waals surface area contributed by atoms with Gasteiger partial charge in [0.2, 0.25) is 0 Å². The lowest BCUT2D eigenvalue weighted by Crippen LogP contribution is -2.35. The number of nitro groups is 1. The van der Waals surface area contributed by atoms with Gasteiger partial charge in [0, 0.05) is 25.5 Å². The molecule has 1 aliphatic rings. The van der Waals surface area contributed by atoms with Crippen molar-refractivity contribution in [2.75, 3.05) is 18.0 Å². The minimum Gasteiger partial charge on any atom is -0.366 e. The highest BCUT2D eigenvalue weighted by molar-refractivity contribution is 5.94.